The van der Waals surface area contributed by atoms with Crippen molar-refractivity contribution in [3.63, 3.8) is 0 Å². The van der Waals surface area contributed by atoms with E-state index in [2.05, 4.69) is 15.6 Å². The van der Waals surface area contributed by atoms with E-state index in [9.17, 15) is 35.1 Å². The summed E-state index contributed by atoms with van der Waals surface area (Å²) < 4.78 is 18.5. The number of ether oxygens (including phenoxy) is 3. The molecule has 1 fully saturated rings. The van der Waals surface area contributed by atoms with E-state index >= 15 is 0 Å². The Balaban J connectivity index is 1.18. The second-order valence-electron chi connectivity index (χ2n) is 11.7. The monoisotopic (exact) mass is 676 g/mol. The molecule has 4 aromatic rings. The van der Waals surface area contributed by atoms with Crippen LogP contribution in [0, 0.1) is 0 Å². The standard InChI is InChI=1S/C35H40N4O10/c40-20-29(42)32(44)33-31(36-30(43)22-47-21-23-8-3-1-4-9-23)28(41)18-35(49-33,34(45)46)48-17-7-16-39-19-27(37-38-39)26-14-12-25(13-15-26)24-10-5-2-6-11-24/h1-6,8-15,19,28-29,31-33,40-42,44H,7,16-18,20-22H2,(H,36,43)(H,45,46)/t28-,29+,31+,32+,33+,35+/m0/s1. The Morgan fingerprint density at radius 3 is 2.31 bits per heavy atom. The third-order valence-corrected chi connectivity index (χ3v) is 8.18. The maximum absolute atomic E-state index is 12.7. The van der Waals surface area contributed by atoms with Crippen molar-refractivity contribution in [2.45, 2.75) is 62.2 Å². The molecule has 5 rings (SSSR count). The first-order chi connectivity index (χ1) is 23.7. The molecule has 0 spiro atoms. The molecular weight excluding hydrogens is 636 g/mol. The van der Waals surface area contributed by atoms with Crippen molar-refractivity contribution in [1.29, 1.82) is 0 Å². The number of aryl methyl sites for hydroxylation is 1. The number of hydrogen-bond donors (Lipinski definition) is 6. The van der Waals surface area contributed by atoms with Gasteiger partial charge in [-0.15, -0.1) is 5.10 Å². The molecule has 2 heterocycles. The van der Waals surface area contributed by atoms with E-state index in [1.165, 1.54) is 0 Å². The summed E-state index contributed by atoms with van der Waals surface area (Å²) in [4.78, 5) is 25.2. The predicted octanol–water partition coefficient (Wildman–Crippen LogP) is 1.37. The van der Waals surface area contributed by atoms with Gasteiger partial charge in [0, 0.05) is 18.5 Å². The van der Waals surface area contributed by atoms with Crippen molar-refractivity contribution in [3.8, 4) is 22.4 Å². The average molecular weight is 677 g/mol. The molecule has 14 nitrogen and oxygen atoms in total. The predicted molar refractivity (Wildman–Crippen MR) is 174 cm³/mol. The summed E-state index contributed by atoms with van der Waals surface area (Å²) in [5, 5.41) is 62.5. The Morgan fingerprint density at radius 1 is 0.980 bits per heavy atom. The Morgan fingerprint density at radius 2 is 1.63 bits per heavy atom. The van der Waals surface area contributed by atoms with E-state index < -0.39 is 67.8 Å². The van der Waals surface area contributed by atoms with Crippen LogP contribution >= 0.6 is 0 Å². The summed E-state index contributed by atoms with van der Waals surface area (Å²) in [5.41, 5.74) is 4.52. The molecule has 1 aliphatic heterocycles. The number of aliphatic hydroxyl groups excluding tert-OH is 4. The molecule has 6 N–H and O–H groups in total. The fourth-order valence-electron chi connectivity index (χ4n) is 5.57. The van der Waals surface area contributed by atoms with Gasteiger partial charge in [0.2, 0.25) is 5.91 Å². The topological polar surface area (TPSA) is 206 Å². The zero-order chi connectivity index (χ0) is 34.8. The van der Waals surface area contributed by atoms with Gasteiger partial charge in [0.05, 0.1) is 38.2 Å². The number of aliphatic carboxylic acids is 1. The number of nitrogens with zero attached hydrogens (tertiary/aromatic N) is 3. The first kappa shape index (κ1) is 35.8. The molecule has 0 bridgehead atoms. The van der Waals surface area contributed by atoms with Crippen molar-refractivity contribution in [2.75, 3.05) is 19.8 Å². The summed E-state index contributed by atoms with van der Waals surface area (Å²) in [6, 6.07) is 25.6. The number of carbonyl (C=O) groups excluding carboxylic acids is 1. The van der Waals surface area contributed by atoms with Crippen LogP contribution in [0.1, 0.15) is 18.4 Å². The number of aromatic nitrogens is 3. The van der Waals surface area contributed by atoms with Crippen LogP contribution < -0.4 is 5.32 Å². The Labute approximate surface area is 282 Å². The smallest absolute Gasteiger partial charge is 0.364 e. The van der Waals surface area contributed by atoms with Crippen LogP contribution in [0.15, 0.2) is 91.1 Å². The fourth-order valence-corrected chi connectivity index (χ4v) is 5.57. The number of aliphatic hydroxyl groups is 4. The first-order valence-corrected chi connectivity index (χ1v) is 15.9. The fraction of sp³-hybridized carbons (Fsp3) is 0.371. The van der Waals surface area contributed by atoms with E-state index in [4.69, 9.17) is 14.2 Å². The maximum Gasteiger partial charge on any atom is 0.364 e. The molecule has 1 amide bonds. The Kier molecular flexibility index (Phi) is 12.2. The highest BCUT2D eigenvalue weighted by Crippen LogP contribution is 2.34. The lowest BCUT2D eigenvalue weighted by Gasteiger charge is -2.46. The lowest BCUT2D eigenvalue weighted by atomic mass is 9.88. The molecule has 49 heavy (non-hydrogen) atoms. The Bertz CT molecular complexity index is 1640. The van der Waals surface area contributed by atoms with E-state index in [1.54, 1.807) is 10.9 Å². The summed E-state index contributed by atoms with van der Waals surface area (Å²) in [5.74, 6) is -4.69. The summed E-state index contributed by atoms with van der Waals surface area (Å²) in [6.45, 7) is -1.01. The van der Waals surface area contributed by atoms with Gasteiger partial charge in [-0.3, -0.25) is 9.48 Å². The largest absolute Gasteiger partial charge is 0.477 e. The number of amides is 1. The van der Waals surface area contributed by atoms with Crippen LogP contribution in [0.3, 0.4) is 0 Å². The van der Waals surface area contributed by atoms with Crippen molar-refractivity contribution < 1.29 is 49.3 Å². The van der Waals surface area contributed by atoms with E-state index in [0.717, 1.165) is 22.3 Å². The minimum Gasteiger partial charge on any atom is -0.477 e. The van der Waals surface area contributed by atoms with Crippen LogP contribution in [-0.4, -0.2) is 108 Å². The lowest BCUT2D eigenvalue weighted by Crippen LogP contribution is -2.68. The number of carboxylic acids is 1. The SMILES string of the molecule is O=C(COCc1ccccc1)N[C@H]1[C@H]([C@H](O)[C@H](O)CO)O[C@@](OCCCn2cc(-c3ccc(-c4ccccc4)cc3)nn2)(C(=O)O)C[C@@H]1O. The zero-order valence-electron chi connectivity index (χ0n) is 26.6. The minimum atomic E-state index is -2.43. The van der Waals surface area contributed by atoms with Gasteiger partial charge in [0.25, 0.3) is 5.79 Å². The number of benzene rings is 3. The summed E-state index contributed by atoms with van der Waals surface area (Å²) in [6.07, 6.45) is -5.51. The second-order valence-corrected chi connectivity index (χ2v) is 11.7. The highest BCUT2D eigenvalue weighted by Gasteiger charge is 2.55. The van der Waals surface area contributed by atoms with Gasteiger partial charge in [-0.25, -0.2) is 4.79 Å². The number of nitrogens with one attached hydrogen (secondary N) is 1. The van der Waals surface area contributed by atoms with Crippen molar-refractivity contribution in [2.24, 2.45) is 0 Å². The molecule has 0 saturated carbocycles. The molecule has 1 saturated heterocycles. The molecule has 0 aliphatic carbocycles. The molecule has 14 heteroatoms. The van der Waals surface area contributed by atoms with Gasteiger partial charge in [-0.2, -0.15) is 0 Å². The third-order valence-electron chi connectivity index (χ3n) is 8.18. The van der Waals surface area contributed by atoms with Crippen molar-refractivity contribution >= 4 is 11.9 Å². The molecule has 1 aliphatic rings. The third kappa shape index (κ3) is 9.13. The van der Waals surface area contributed by atoms with E-state index in [0.29, 0.717) is 12.2 Å². The van der Waals surface area contributed by atoms with E-state index in [-0.39, 0.29) is 19.6 Å². The zero-order valence-corrected chi connectivity index (χ0v) is 26.6. The number of carboxylic acid groups (broad SMARTS) is 1. The van der Waals surface area contributed by atoms with Gasteiger partial charge in [-0.1, -0.05) is 90.1 Å². The van der Waals surface area contributed by atoms with Gasteiger partial charge < -0.3 is 45.1 Å². The van der Waals surface area contributed by atoms with Crippen LogP contribution in [0.5, 0.6) is 0 Å². The Hall–Kier alpha value is -4.54. The molecule has 0 unspecified atom stereocenters. The average Bonchev–Trinajstić information content (AvgIpc) is 3.60. The van der Waals surface area contributed by atoms with Crippen molar-refractivity contribution in [3.05, 3.63) is 96.7 Å². The molecular formula is C35H40N4O10. The molecule has 3 aromatic carbocycles. The normalized spacial score (nSPS) is 21.9. The van der Waals surface area contributed by atoms with Gasteiger partial charge in [0.15, 0.2) is 0 Å². The van der Waals surface area contributed by atoms with Gasteiger partial charge in [0.1, 0.15) is 30.6 Å². The van der Waals surface area contributed by atoms with Crippen LogP contribution in [0.4, 0.5) is 0 Å². The van der Waals surface area contributed by atoms with Gasteiger partial charge in [-0.05, 0) is 23.1 Å². The molecule has 260 valence electrons. The van der Waals surface area contributed by atoms with Crippen LogP contribution in [0.2, 0.25) is 0 Å². The molecule has 6 atom stereocenters. The number of rotatable bonds is 16. The summed E-state index contributed by atoms with van der Waals surface area (Å²) >= 11 is 0. The first-order valence-electron chi connectivity index (χ1n) is 15.9. The number of hydrogen-bond acceptors (Lipinski definition) is 11. The highest BCUT2D eigenvalue weighted by molar-refractivity contribution is 5.78. The van der Waals surface area contributed by atoms with Crippen LogP contribution in [-0.2, 0) is 37.0 Å². The minimum absolute atomic E-state index is 0.140. The van der Waals surface area contributed by atoms with E-state index in [1.807, 2.05) is 84.9 Å². The lowest BCUT2D eigenvalue weighted by molar-refractivity contribution is -0.311. The van der Waals surface area contributed by atoms with Crippen molar-refractivity contribution in [1.82, 2.24) is 20.3 Å². The molecule has 1 aromatic heterocycles. The van der Waals surface area contributed by atoms with Crippen LogP contribution in [0.25, 0.3) is 22.4 Å². The highest BCUT2D eigenvalue weighted by atomic mass is 16.7. The van der Waals surface area contributed by atoms with Gasteiger partial charge >= 0.3 is 5.97 Å². The molecule has 0 radical (unpaired) electrons. The summed E-state index contributed by atoms with van der Waals surface area (Å²) in [7, 11) is 0. The number of carbonyl (C=O) groups is 2. The second kappa shape index (κ2) is 16.7. The quantitative estimate of drug-likeness (QED) is 0.0931. The maximum atomic E-state index is 12.7.